The highest BCUT2D eigenvalue weighted by atomic mass is 16.3. The zero-order valence-corrected chi connectivity index (χ0v) is 21.1. The second kappa shape index (κ2) is 8.55. The van der Waals surface area contributed by atoms with Gasteiger partial charge in [-0.05, 0) is 73.0 Å². The van der Waals surface area contributed by atoms with Crippen LogP contribution in [-0.2, 0) is 4.79 Å². The van der Waals surface area contributed by atoms with Gasteiger partial charge in [0.05, 0.1) is 35.9 Å². The second-order valence-electron chi connectivity index (χ2n) is 13.1. The van der Waals surface area contributed by atoms with E-state index in [9.17, 15) is 30.3 Å². The van der Waals surface area contributed by atoms with Gasteiger partial charge in [-0.3, -0.25) is 4.79 Å². The highest BCUT2D eigenvalue weighted by molar-refractivity contribution is 5.86. The van der Waals surface area contributed by atoms with Gasteiger partial charge in [-0.25, -0.2) is 0 Å². The van der Waals surface area contributed by atoms with Crippen molar-refractivity contribution in [3.05, 3.63) is 0 Å². The van der Waals surface area contributed by atoms with Gasteiger partial charge in [0.1, 0.15) is 5.78 Å². The minimum absolute atomic E-state index is 0.0842. The van der Waals surface area contributed by atoms with Crippen LogP contribution in [0.5, 0.6) is 0 Å². The Morgan fingerprint density at radius 2 is 1.61 bits per heavy atom. The Morgan fingerprint density at radius 3 is 2.24 bits per heavy atom. The first-order valence-corrected chi connectivity index (χ1v) is 13.2. The third-order valence-electron chi connectivity index (χ3n) is 10.9. The van der Waals surface area contributed by atoms with E-state index in [1.165, 1.54) is 0 Å². The molecule has 4 saturated carbocycles. The molecule has 0 aromatic carbocycles. The van der Waals surface area contributed by atoms with E-state index in [1.807, 2.05) is 20.8 Å². The predicted octanol–water partition coefficient (Wildman–Crippen LogP) is 2.67. The van der Waals surface area contributed by atoms with Crippen LogP contribution in [0.2, 0.25) is 0 Å². The molecule has 0 aromatic rings. The summed E-state index contributed by atoms with van der Waals surface area (Å²) in [4.78, 5) is 13.5. The smallest absolute Gasteiger partial charge is 0.139 e. The molecule has 0 bridgehead atoms. The number of aliphatic hydroxyl groups excluding tert-OH is 4. The van der Waals surface area contributed by atoms with Crippen LogP contribution >= 0.6 is 0 Å². The number of aliphatic hydroxyl groups is 5. The molecule has 12 atom stereocenters. The second-order valence-corrected chi connectivity index (χ2v) is 13.1. The van der Waals surface area contributed by atoms with Crippen molar-refractivity contribution in [3.8, 4) is 0 Å². The highest BCUT2D eigenvalue weighted by Crippen LogP contribution is 2.69. The Hall–Kier alpha value is -0.530. The fraction of sp³-hybridized carbons (Fsp3) is 0.963. The van der Waals surface area contributed by atoms with Gasteiger partial charge in [0.2, 0.25) is 0 Å². The summed E-state index contributed by atoms with van der Waals surface area (Å²) in [6.45, 7) is 10.4. The lowest BCUT2D eigenvalue weighted by atomic mass is 9.41. The summed E-state index contributed by atoms with van der Waals surface area (Å²) in [5.74, 6) is -0.441. The Balaban J connectivity index is 1.62. The molecule has 4 rings (SSSR count). The zero-order valence-electron chi connectivity index (χ0n) is 21.1. The molecule has 0 spiro atoms. The molecule has 6 nitrogen and oxygen atoms in total. The number of Topliss-reactive ketones (excluding diaryl/α,β-unsaturated/α-hetero) is 1. The van der Waals surface area contributed by atoms with Crippen molar-refractivity contribution in [2.24, 2.45) is 46.3 Å². The Bertz CT molecular complexity index is 755. The van der Waals surface area contributed by atoms with Crippen molar-refractivity contribution < 1.29 is 30.3 Å². The van der Waals surface area contributed by atoms with Gasteiger partial charge >= 0.3 is 0 Å². The fourth-order valence-corrected chi connectivity index (χ4v) is 9.18. The third-order valence-corrected chi connectivity index (χ3v) is 10.9. The summed E-state index contributed by atoms with van der Waals surface area (Å²) in [6, 6.07) is 0. The van der Waals surface area contributed by atoms with Gasteiger partial charge in [0, 0.05) is 18.8 Å². The quantitative estimate of drug-likeness (QED) is 0.425. The van der Waals surface area contributed by atoms with E-state index >= 15 is 0 Å². The molecule has 0 heterocycles. The molecule has 0 aromatic heterocycles. The summed E-state index contributed by atoms with van der Waals surface area (Å²) in [5, 5.41) is 54.7. The topological polar surface area (TPSA) is 118 Å². The number of carbonyl (C=O) groups excluding carboxylic acids is 1. The molecule has 4 fully saturated rings. The zero-order chi connectivity index (χ0) is 24.5. The summed E-state index contributed by atoms with van der Waals surface area (Å²) in [5.41, 5.74) is -2.14. The molecule has 33 heavy (non-hydrogen) atoms. The van der Waals surface area contributed by atoms with Gasteiger partial charge in [-0.15, -0.1) is 0 Å². The van der Waals surface area contributed by atoms with Gasteiger partial charge in [-0.1, -0.05) is 34.6 Å². The van der Waals surface area contributed by atoms with Crippen LogP contribution in [-0.4, -0.2) is 61.3 Å². The molecule has 0 radical (unpaired) electrons. The van der Waals surface area contributed by atoms with Crippen LogP contribution in [0, 0.1) is 46.3 Å². The summed E-state index contributed by atoms with van der Waals surface area (Å²) in [7, 11) is 0. The van der Waals surface area contributed by atoms with E-state index in [0.29, 0.717) is 19.3 Å². The van der Waals surface area contributed by atoms with E-state index in [4.69, 9.17) is 0 Å². The van der Waals surface area contributed by atoms with Crippen LogP contribution in [0.1, 0.15) is 86.0 Å². The van der Waals surface area contributed by atoms with Crippen molar-refractivity contribution in [3.63, 3.8) is 0 Å². The van der Waals surface area contributed by atoms with Crippen molar-refractivity contribution >= 4 is 5.78 Å². The summed E-state index contributed by atoms with van der Waals surface area (Å²) < 4.78 is 0. The standard InChI is InChI=1S/C27H46O6/c1-14(2)17(28)7-6-15(3)16-12-19(30)24-25(16,4)11-9-21-26(5)10-8-18(29)23(32)22(26)20(31)13-27(21,24)33/h14-18,20-24,28-29,31-33H,6-13H2,1-5H3/t15-,16-,17+,18+,20?,21-,22?,23+,24-,25-,26-,27+/m1/s1. The SMILES string of the molecule is CC(C)[C@@H](O)CC[C@@H](C)[C@H]1CC(=O)[C@@H]2[C@]1(C)CC[C@H]1[C@@]2(O)CC(O)C2[C@@H](O)[C@@H](O)CC[C@@]21C. The monoisotopic (exact) mass is 466 g/mol. The van der Waals surface area contributed by atoms with E-state index in [2.05, 4.69) is 13.8 Å². The van der Waals surface area contributed by atoms with Gasteiger partial charge in [-0.2, -0.15) is 0 Å². The minimum atomic E-state index is -1.29. The first-order valence-electron chi connectivity index (χ1n) is 13.2. The van der Waals surface area contributed by atoms with Crippen LogP contribution in [0.4, 0.5) is 0 Å². The van der Waals surface area contributed by atoms with Crippen LogP contribution in [0.25, 0.3) is 0 Å². The number of hydrogen-bond donors (Lipinski definition) is 5. The van der Waals surface area contributed by atoms with Crippen LogP contribution < -0.4 is 0 Å². The largest absolute Gasteiger partial charge is 0.393 e. The normalized spacial score (nSPS) is 51.6. The molecule has 190 valence electrons. The third kappa shape index (κ3) is 3.74. The van der Waals surface area contributed by atoms with E-state index in [-0.39, 0.29) is 47.4 Å². The number of fused-ring (bicyclic) bond motifs is 5. The average Bonchev–Trinajstić information content (AvgIpc) is 3.00. The van der Waals surface area contributed by atoms with E-state index in [0.717, 1.165) is 25.7 Å². The lowest BCUT2D eigenvalue weighted by Crippen LogP contribution is -2.70. The van der Waals surface area contributed by atoms with Crippen LogP contribution in [0.15, 0.2) is 0 Å². The van der Waals surface area contributed by atoms with Crippen molar-refractivity contribution in [1.82, 2.24) is 0 Å². The number of rotatable bonds is 5. The lowest BCUT2D eigenvalue weighted by Gasteiger charge is -2.65. The molecule has 6 heteroatoms. The Morgan fingerprint density at radius 1 is 0.970 bits per heavy atom. The fourth-order valence-electron chi connectivity index (χ4n) is 9.18. The molecular formula is C27H46O6. The van der Waals surface area contributed by atoms with E-state index in [1.54, 1.807) is 0 Å². The lowest BCUT2D eigenvalue weighted by molar-refractivity contribution is -0.269. The first-order chi connectivity index (χ1) is 15.3. The first kappa shape index (κ1) is 25.6. The maximum Gasteiger partial charge on any atom is 0.139 e. The molecule has 5 N–H and O–H groups in total. The molecule has 2 unspecified atom stereocenters. The number of hydrogen-bond acceptors (Lipinski definition) is 6. The summed E-state index contributed by atoms with van der Waals surface area (Å²) >= 11 is 0. The highest BCUT2D eigenvalue weighted by Gasteiger charge is 2.71. The maximum absolute atomic E-state index is 13.5. The van der Waals surface area contributed by atoms with Gasteiger partial charge in [0.25, 0.3) is 0 Å². The Labute approximate surface area is 198 Å². The average molecular weight is 467 g/mol. The predicted molar refractivity (Wildman–Crippen MR) is 125 cm³/mol. The van der Waals surface area contributed by atoms with Crippen molar-refractivity contribution in [2.45, 2.75) is 116 Å². The molecular weight excluding hydrogens is 420 g/mol. The molecule has 4 aliphatic carbocycles. The van der Waals surface area contributed by atoms with Crippen molar-refractivity contribution in [2.75, 3.05) is 0 Å². The van der Waals surface area contributed by atoms with Crippen LogP contribution in [0.3, 0.4) is 0 Å². The number of ketones is 1. The minimum Gasteiger partial charge on any atom is -0.393 e. The molecule has 0 aliphatic heterocycles. The molecule has 0 saturated heterocycles. The van der Waals surface area contributed by atoms with Gasteiger partial charge < -0.3 is 25.5 Å². The maximum atomic E-state index is 13.5. The van der Waals surface area contributed by atoms with E-state index < -0.39 is 41.2 Å². The number of carbonyl (C=O) groups is 1. The Kier molecular flexibility index (Phi) is 6.62. The van der Waals surface area contributed by atoms with Gasteiger partial charge in [0.15, 0.2) is 0 Å². The molecule has 4 aliphatic rings. The molecule has 0 amide bonds. The van der Waals surface area contributed by atoms with Crippen molar-refractivity contribution in [1.29, 1.82) is 0 Å². The summed E-state index contributed by atoms with van der Waals surface area (Å²) in [6.07, 6.45) is 1.64.